The van der Waals surface area contributed by atoms with Gasteiger partial charge in [-0.3, -0.25) is 4.79 Å². The molecule has 2 atom stereocenters. The molecule has 0 radical (unpaired) electrons. The van der Waals surface area contributed by atoms with Crippen molar-refractivity contribution in [2.45, 2.75) is 52.1 Å². The van der Waals surface area contributed by atoms with E-state index in [0.717, 1.165) is 65.9 Å². The molecule has 2 fully saturated rings. The quantitative estimate of drug-likeness (QED) is 0.629. The summed E-state index contributed by atoms with van der Waals surface area (Å²) in [6.45, 7) is 8.62. The van der Waals surface area contributed by atoms with Gasteiger partial charge in [0.15, 0.2) is 0 Å². The second-order valence-corrected chi connectivity index (χ2v) is 9.31. The predicted octanol–water partition coefficient (Wildman–Crippen LogP) is 3.69. The molecule has 164 valence electrons. The maximum atomic E-state index is 12.3. The van der Waals surface area contributed by atoms with Crippen LogP contribution in [0.4, 0.5) is 5.82 Å². The van der Waals surface area contributed by atoms with E-state index < -0.39 is 0 Å². The fourth-order valence-electron chi connectivity index (χ4n) is 4.80. The molecule has 0 aromatic carbocycles. The Hall–Kier alpha value is -2.67. The molecular formula is C24H31N5O2. The van der Waals surface area contributed by atoms with Gasteiger partial charge in [0.05, 0.1) is 31.0 Å². The highest BCUT2D eigenvalue weighted by molar-refractivity contribution is 5.82. The third-order valence-electron chi connectivity index (χ3n) is 6.66. The van der Waals surface area contributed by atoms with Crippen LogP contribution in [0.1, 0.15) is 44.7 Å². The number of hydrogen-bond donors (Lipinski definition) is 0. The molecule has 7 nitrogen and oxygen atoms in total. The van der Waals surface area contributed by atoms with Gasteiger partial charge < -0.3 is 18.8 Å². The van der Waals surface area contributed by atoms with E-state index in [9.17, 15) is 4.79 Å². The minimum absolute atomic E-state index is 0.0303. The number of ether oxygens (including phenoxy) is 1. The predicted molar refractivity (Wildman–Crippen MR) is 123 cm³/mol. The first-order valence-corrected chi connectivity index (χ1v) is 11.3. The molecule has 4 heterocycles. The summed E-state index contributed by atoms with van der Waals surface area (Å²) >= 11 is 0. The number of pyridine rings is 2. The van der Waals surface area contributed by atoms with Crippen LogP contribution >= 0.6 is 0 Å². The molecule has 0 amide bonds. The summed E-state index contributed by atoms with van der Waals surface area (Å²) in [4.78, 5) is 24.3. The van der Waals surface area contributed by atoms with Gasteiger partial charge in [0.1, 0.15) is 17.2 Å². The first kappa shape index (κ1) is 20.2. The van der Waals surface area contributed by atoms with Gasteiger partial charge in [-0.15, -0.1) is 0 Å². The van der Waals surface area contributed by atoms with Gasteiger partial charge in [-0.05, 0) is 39.2 Å². The first-order valence-electron chi connectivity index (χ1n) is 11.3. The van der Waals surface area contributed by atoms with E-state index in [1.165, 1.54) is 12.8 Å². The van der Waals surface area contributed by atoms with Crippen LogP contribution in [0.5, 0.6) is 0 Å². The molecule has 3 aromatic heterocycles. The van der Waals surface area contributed by atoms with Crippen molar-refractivity contribution in [1.82, 2.24) is 19.1 Å². The number of nitrogens with zero attached hydrogens (tertiary/aromatic N) is 5. The van der Waals surface area contributed by atoms with Gasteiger partial charge in [0, 0.05) is 43.0 Å². The lowest BCUT2D eigenvalue weighted by atomic mass is 10.1. The van der Waals surface area contributed by atoms with Crippen molar-refractivity contribution in [1.29, 1.82) is 0 Å². The highest BCUT2D eigenvalue weighted by atomic mass is 16.5. The summed E-state index contributed by atoms with van der Waals surface area (Å²) in [5.41, 5.74) is 3.74. The number of imidazole rings is 1. The molecule has 1 aliphatic carbocycles. The van der Waals surface area contributed by atoms with Gasteiger partial charge in [-0.2, -0.15) is 0 Å². The Bertz CT molecular complexity index is 1150. The van der Waals surface area contributed by atoms with Gasteiger partial charge in [0.2, 0.25) is 0 Å². The van der Waals surface area contributed by atoms with Crippen LogP contribution in [0.15, 0.2) is 29.3 Å². The maximum absolute atomic E-state index is 12.3. The van der Waals surface area contributed by atoms with E-state index in [-0.39, 0.29) is 5.56 Å². The number of anilines is 1. The van der Waals surface area contributed by atoms with Crippen molar-refractivity contribution >= 4 is 16.9 Å². The lowest BCUT2D eigenvalue weighted by molar-refractivity contribution is 0.0985. The molecule has 1 aliphatic heterocycles. The van der Waals surface area contributed by atoms with E-state index in [1.807, 2.05) is 25.4 Å². The van der Waals surface area contributed by atoms with Crippen LogP contribution < -0.4 is 10.5 Å². The molecule has 1 saturated carbocycles. The molecule has 7 heteroatoms. The van der Waals surface area contributed by atoms with Crippen molar-refractivity contribution in [3.05, 3.63) is 40.4 Å². The zero-order chi connectivity index (χ0) is 21.7. The molecule has 31 heavy (non-hydrogen) atoms. The van der Waals surface area contributed by atoms with Crippen LogP contribution in [0.3, 0.4) is 0 Å². The fraction of sp³-hybridized carbons (Fsp3) is 0.542. The Morgan fingerprint density at radius 2 is 2.10 bits per heavy atom. The molecule has 0 spiro atoms. The zero-order valence-electron chi connectivity index (χ0n) is 18.8. The van der Waals surface area contributed by atoms with Crippen LogP contribution in [0.25, 0.3) is 22.4 Å². The topological polar surface area (TPSA) is 65.2 Å². The minimum Gasteiger partial charge on any atom is -0.377 e. The van der Waals surface area contributed by atoms with Crippen molar-refractivity contribution in [2.75, 3.05) is 24.7 Å². The maximum Gasteiger partial charge on any atom is 0.253 e. The normalized spacial score (nSPS) is 20.4. The van der Waals surface area contributed by atoms with Crippen LogP contribution in [-0.2, 0) is 11.8 Å². The van der Waals surface area contributed by atoms with Crippen molar-refractivity contribution in [3.8, 4) is 11.4 Å². The summed E-state index contributed by atoms with van der Waals surface area (Å²) in [6, 6.07) is 4.76. The van der Waals surface area contributed by atoms with Gasteiger partial charge in [0.25, 0.3) is 5.56 Å². The van der Waals surface area contributed by atoms with E-state index >= 15 is 0 Å². The average molecular weight is 422 g/mol. The molecule has 3 aromatic rings. The molecular weight excluding hydrogens is 390 g/mol. The number of aryl methyl sites for hydroxylation is 2. The Morgan fingerprint density at radius 3 is 2.81 bits per heavy atom. The van der Waals surface area contributed by atoms with E-state index in [4.69, 9.17) is 14.7 Å². The number of aromatic nitrogens is 4. The standard InChI is InChI=1S/C24H31N5O2/c1-15-9-19(13-27(4)24(15)30)23-26-20-12-25-22(28-7-8-31-14-17(28)3)11-21(20)29(23)16(2)10-18-5-6-18/h9,11-13,16-18H,5-8,10,14H2,1-4H3/t16?,17-/m0/s1. The molecule has 0 N–H and O–H groups in total. The lowest BCUT2D eigenvalue weighted by Crippen LogP contribution is -2.44. The van der Waals surface area contributed by atoms with Gasteiger partial charge >= 0.3 is 0 Å². The third-order valence-corrected chi connectivity index (χ3v) is 6.66. The van der Waals surface area contributed by atoms with Crippen molar-refractivity contribution in [3.63, 3.8) is 0 Å². The zero-order valence-corrected chi connectivity index (χ0v) is 18.8. The number of morpholine rings is 1. The summed E-state index contributed by atoms with van der Waals surface area (Å²) in [6.07, 6.45) is 7.59. The Labute approximate surface area is 182 Å². The van der Waals surface area contributed by atoms with Gasteiger partial charge in [-0.25, -0.2) is 9.97 Å². The largest absolute Gasteiger partial charge is 0.377 e. The first-order chi connectivity index (χ1) is 14.9. The molecule has 1 saturated heterocycles. The van der Waals surface area contributed by atoms with Crippen LogP contribution in [0, 0.1) is 12.8 Å². The summed E-state index contributed by atoms with van der Waals surface area (Å²) in [5.74, 6) is 2.70. The molecule has 1 unspecified atom stereocenters. The Balaban J connectivity index is 1.66. The second kappa shape index (κ2) is 7.79. The van der Waals surface area contributed by atoms with Crippen molar-refractivity contribution in [2.24, 2.45) is 13.0 Å². The SMILES string of the molecule is Cc1cc(-c2nc3cnc(N4CCOC[C@@H]4C)cc3n2C(C)CC2CC2)cn(C)c1=O. The number of rotatable bonds is 5. The van der Waals surface area contributed by atoms with E-state index in [2.05, 4.69) is 29.4 Å². The third kappa shape index (κ3) is 3.76. The number of hydrogen-bond acceptors (Lipinski definition) is 5. The lowest BCUT2D eigenvalue weighted by Gasteiger charge is -2.34. The molecule has 2 aliphatic rings. The summed E-state index contributed by atoms with van der Waals surface area (Å²) < 4.78 is 9.63. The summed E-state index contributed by atoms with van der Waals surface area (Å²) in [5, 5.41) is 0. The molecule has 5 rings (SSSR count). The highest BCUT2D eigenvalue weighted by Gasteiger charge is 2.28. The minimum atomic E-state index is 0.0303. The van der Waals surface area contributed by atoms with Crippen molar-refractivity contribution < 1.29 is 4.74 Å². The van der Waals surface area contributed by atoms with E-state index in [0.29, 0.717) is 12.1 Å². The van der Waals surface area contributed by atoms with Gasteiger partial charge in [-0.1, -0.05) is 12.8 Å². The van der Waals surface area contributed by atoms with Crippen LogP contribution in [0.2, 0.25) is 0 Å². The van der Waals surface area contributed by atoms with E-state index in [1.54, 1.807) is 11.6 Å². The molecule has 0 bridgehead atoms. The Kier molecular flexibility index (Phi) is 5.08. The van der Waals surface area contributed by atoms with Crippen LogP contribution in [-0.4, -0.2) is 44.9 Å². The smallest absolute Gasteiger partial charge is 0.253 e. The number of fused-ring (bicyclic) bond motifs is 1. The fourth-order valence-corrected chi connectivity index (χ4v) is 4.80. The second-order valence-electron chi connectivity index (χ2n) is 9.31. The summed E-state index contributed by atoms with van der Waals surface area (Å²) in [7, 11) is 1.80. The average Bonchev–Trinajstić information content (AvgIpc) is 3.48. The monoisotopic (exact) mass is 421 g/mol. The highest BCUT2D eigenvalue weighted by Crippen LogP contribution is 2.39. The Morgan fingerprint density at radius 1 is 1.29 bits per heavy atom.